The Morgan fingerprint density at radius 3 is 2.82 bits per heavy atom. The predicted octanol–water partition coefficient (Wildman–Crippen LogP) is 0.766. The van der Waals surface area contributed by atoms with Crippen LogP contribution in [0.3, 0.4) is 0 Å². The Morgan fingerprint density at radius 1 is 1.55 bits per heavy atom. The highest BCUT2D eigenvalue weighted by atomic mass is 16.7. The molecule has 66 valence electrons. The van der Waals surface area contributed by atoms with E-state index in [0.29, 0.717) is 5.92 Å². The van der Waals surface area contributed by atoms with Crippen LogP contribution in [0.15, 0.2) is 0 Å². The Balaban J connectivity index is 2.37. The van der Waals surface area contributed by atoms with E-state index in [1.807, 2.05) is 0 Å². The van der Waals surface area contributed by atoms with Crippen molar-refractivity contribution < 1.29 is 14.6 Å². The number of ether oxygens (including phenoxy) is 2. The summed E-state index contributed by atoms with van der Waals surface area (Å²) in [5, 5.41) is 8.89. The highest BCUT2D eigenvalue weighted by Crippen LogP contribution is 2.24. The smallest absolute Gasteiger partial charge is 0.157 e. The molecule has 11 heavy (non-hydrogen) atoms. The summed E-state index contributed by atoms with van der Waals surface area (Å²) in [6, 6.07) is 0. The molecule has 3 unspecified atom stereocenters. The van der Waals surface area contributed by atoms with Crippen LogP contribution in [0.5, 0.6) is 0 Å². The Morgan fingerprint density at radius 2 is 2.27 bits per heavy atom. The lowest BCUT2D eigenvalue weighted by Crippen LogP contribution is -2.36. The summed E-state index contributed by atoms with van der Waals surface area (Å²) in [7, 11) is 1.63. The fourth-order valence-electron chi connectivity index (χ4n) is 1.38. The standard InChI is InChI=1S/C8H16O3/c1-6-3-4-8(10-2)11-7(6)5-9/h6-9H,3-5H2,1-2H3. The zero-order valence-electron chi connectivity index (χ0n) is 7.12. The molecule has 0 amide bonds. The number of hydrogen-bond donors (Lipinski definition) is 1. The largest absolute Gasteiger partial charge is 0.394 e. The van der Waals surface area contributed by atoms with Crippen molar-refractivity contribution >= 4 is 0 Å². The summed E-state index contributed by atoms with van der Waals surface area (Å²) in [5.74, 6) is 0.450. The van der Waals surface area contributed by atoms with Crippen molar-refractivity contribution in [2.45, 2.75) is 32.2 Å². The zero-order valence-corrected chi connectivity index (χ0v) is 7.12. The van der Waals surface area contributed by atoms with Gasteiger partial charge in [-0.3, -0.25) is 0 Å². The lowest BCUT2D eigenvalue weighted by molar-refractivity contribution is -0.203. The van der Waals surface area contributed by atoms with Gasteiger partial charge >= 0.3 is 0 Å². The minimum Gasteiger partial charge on any atom is -0.394 e. The van der Waals surface area contributed by atoms with Crippen LogP contribution in [0.2, 0.25) is 0 Å². The maximum absolute atomic E-state index is 8.89. The molecular weight excluding hydrogens is 144 g/mol. The molecule has 3 nitrogen and oxygen atoms in total. The summed E-state index contributed by atoms with van der Waals surface area (Å²) in [6.45, 7) is 2.19. The number of aliphatic hydroxyl groups excluding tert-OH is 1. The Hall–Kier alpha value is -0.120. The lowest BCUT2D eigenvalue weighted by atomic mass is 9.96. The average Bonchev–Trinajstić information content (AvgIpc) is 2.05. The van der Waals surface area contributed by atoms with Crippen molar-refractivity contribution in [1.82, 2.24) is 0 Å². The molecule has 1 heterocycles. The van der Waals surface area contributed by atoms with Crippen LogP contribution >= 0.6 is 0 Å². The molecule has 3 heteroatoms. The van der Waals surface area contributed by atoms with E-state index < -0.39 is 0 Å². The second-order valence-corrected chi connectivity index (χ2v) is 3.08. The third-order valence-corrected chi connectivity index (χ3v) is 2.26. The van der Waals surface area contributed by atoms with E-state index in [-0.39, 0.29) is 19.0 Å². The zero-order chi connectivity index (χ0) is 8.27. The Kier molecular flexibility index (Phi) is 3.30. The van der Waals surface area contributed by atoms with E-state index in [9.17, 15) is 0 Å². The van der Waals surface area contributed by atoms with E-state index in [2.05, 4.69) is 6.92 Å². The highest BCUT2D eigenvalue weighted by molar-refractivity contribution is 4.71. The van der Waals surface area contributed by atoms with Gasteiger partial charge in [0.2, 0.25) is 0 Å². The monoisotopic (exact) mass is 160 g/mol. The summed E-state index contributed by atoms with van der Waals surface area (Å²) in [5.41, 5.74) is 0. The quantitative estimate of drug-likeness (QED) is 0.648. The first-order valence-corrected chi connectivity index (χ1v) is 4.07. The Bertz CT molecular complexity index is 116. The van der Waals surface area contributed by atoms with Crippen molar-refractivity contribution in [3.63, 3.8) is 0 Å². The van der Waals surface area contributed by atoms with E-state index in [4.69, 9.17) is 14.6 Å². The Labute approximate surface area is 67.3 Å². The van der Waals surface area contributed by atoms with E-state index in [1.165, 1.54) is 0 Å². The molecule has 0 aromatic heterocycles. The molecule has 1 N–H and O–H groups in total. The van der Waals surface area contributed by atoms with E-state index >= 15 is 0 Å². The van der Waals surface area contributed by atoms with Gasteiger partial charge in [-0.15, -0.1) is 0 Å². The molecule has 0 aromatic rings. The number of hydrogen-bond acceptors (Lipinski definition) is 3. The molecule has 1 fully saturated rings. The van der Waals surface area contributed by atoms with Gasteiger partial charge in [-0.2, -0.15) is 0 Å². The minimum absolute atomic E-state index is 0.0336. The number of aliphatic hydroxyl groups is 1. The van der Waals surface area contributed by atoms with Gasteiger partial charge in [-0.1, -0.05) is 6.92 Å². The summed E-state index contributed by atoms with van der Waals surface area (Å²) in [4.78, 5) is 0. The maximum atomic E-state index is 8.89. The van der Waals surface area contributed by atoms with Crippen LogP contribution in [-0.4, -0.2) is 31.2 Å². The van der Waals surface area contributed by atoms with Crippen molar-refractivity contribution in [3.8, 4) is 0 Å². The van der Waals surface area contributed by atoms with Crippen molar-refractivity contribution in [2.24, 2.45) is 5.92 Å². The molecule has 0 bridgehead atoms. The second kappa shape index (κ2) is 4.04. The van der Waals surface area contributed by atoms with Gasteiger partial charge in [0.15, 0.2) is 6.29 Å². The molecule has 1 saturated heterocycles. The van der Waals surface area contributed by atoms with Gasteiger partial charge < -0.3 is 14.6 Å². The molecule has 3 atom stereocenters. The number of rotatable bonds is 2. The minimum atomic E-state index is -0.108. The van der Waals surface area contributed by atoms with Crippen LogP contribution < -0.4 is 0 Å². The van der Waals surface area contributed by atoms with Gasteiger partial charge in [0.1, 0.15) is 0 Å². The highest BCUT2D eigenvalue weighted by Gasteiger charge is 2.27. The van der Waals surface area contributed by atoms with E-state index in [1.54, 1.807) is 7.11 Å². The molecule has 0 aromatic carbocycles. The fraction of sp³-hybridized carbons (Fsp3) is 1.00. The normalized spacial score (nSPS) is 39.0. The van der Waals surface area contributed by atoms with E-state index in [0.717, 1.165) is 12.8 Å². The average molecular weight is 160 g/mol. The third-order valence-electron chi connectivity index (χ3n) is 2.26. The lowest BCUT2D eigenvalue weighted by Gasteiger charge is -2.32. The SMILES string of the molecule is COC1CCC(C)C(CO)O1. The molecule has 1 rings (SSSR count). The van der Waals surface area contributed by atoms with Crippen LogP contribution in [0.4, 0.5) is 0 Å². The van der Waals surface area contributed by atoms with Crippen molar-refractivity contribution in [1.29, 1.82) is 0 Å². The molecule has 1 aliphatic heterocycles. The molecule has 0 saturated carbocycles. The first-order valence-electron chi connectivity index (χ1n) is 4.07. The van der Waals surface area contributed by atoms with Gasteiger partial charge in [-0.05, 0) is 18.8 Å². The molecule has 0 aliphatic carbocycles. The molecule has 0 radical (unpaired) electrons. The van der Waals surface area contributed by atoms with Gasteiger partial charge in [0, 0.05) is 7.11 Å². The van der Waals surface area contributed by atoms with Crippen LogP contribution in [0.1, 0.15) is 19.8 Å². The molecular formula is C8H16O3. The predicted molar refractivity (Wildman–Crippen MR) is 41.2 cm³/mol. The van der Waals surface area contributed by atoms with Gasteiger partial charge in [0.25, 0.3) is 0 Å². The fourth-order valence-corrected chi connectivity index (χ4v) is 1.38. The van der Waals surface area contributed by atoms with Crippen LogP contribution in [0.25, 0.3) is 0 Å². The topological polar surface area (TPSA) is 38.7 Å². The first-order chi connectivity index (χ1) is 5.27. The maximum Gasteiger partial charge on any atom is 0.157 e. The third kappa shape index (κ3) is 2.15. The van der Waals surface area contributed by atoms with Crippen LogP contribution in [0, 0.1) is 5.92 Å². The van der Waals surface area contributed by atoms with Crippen LogP contribution in [-0.2, 0) is 9.47 Å². The van der Waals surface area contributed by atoms with Crippen molar-refractivity contribution in [2.75, 3.05) is 13.7 Å². The summed E-state index contributed by atoms with van der Waals surface area (Å²) >= 11 is 0. The van der Waals surface area contributed by atoms with Gasteiger partial charge in [0.05, 0.1) is 12.7 Å². The molecule has 0 spiro atoms. The van der Waals surface area contributed by atoms with Gasteiger partial charge in [-0.25, -0.2) is 0 Å². The summed E-state index contributed by atoms with van der Waals surface area (Å²) < 4.78 is 10.5. The summed E-state index contributed by atoms with van der Waals surface area (Å²) in [6.07, 6.45) is 1.87. The molecule has 1 aliphatic rings. The number of methoxy groups -OCH3 is 1. The first kappa shape index (κ1) is 8.97. The van der Waals surface area contributed by atoms with Crippen molar-refractivity contribution in [3.05, 3.63) is 0 Å². The second-order valence-electron chi connectivity index (χ2n) is 3.08.